The molecule has 0 aromatic carbocycles. The van der Waals surface area contributed by atoms with E-state index in [2.05, 4.69) is 0 Å². The minimum Gasteiger partial charge on any atom is -0.389 e. The Bertz CT molecular complexity index is 170. The van der Waals surface area contributed by atoms with E-state index < -0.39 is 12.1 Å². The highest BCUT2D eigenvalue weighted by Gasteiger charge is 2.52. The van der Waals surface area contributed by atoms with Crippen molar-refractivity contribution in [3.05, 3.63) is 0 Å². The fraction of sp³-hybridized carbons (Fsp3) is 1.00. The zero-order valence-electron chi connectivity index (χ0n) is 8.48. The van der Waals surface area contributed by atoms with Crippen LogP contribution in [0, 0.1) is 0 Å². The first kappa shape index (κ1) is 10.9. The van der Waals surface area contributed by atoms with Gasteiger partial charge in [0, 0.05) is 14.2 Å². The smallest absolute Gasteiger partial charge is 0.301 e. The summed E-state index contributed by atoms with van der Waals surface area (Å²) >= 11 is 0. The molecule has 5 nitrogen and oxygen atoms in total. The predicted molar refractivity (Wildman–Crippen MR) is 46.2 cm³/mol. The first-order valence-corrected chi connectivity index (χ1v) is 4.16. The Hall–Kier alpha value is -0.200. The summed E-state index contributed by atoms with van der Waals surface area (Å²) in [6, 6.07) is -0.303. The molecule has 1 aliphatic heterocycles. The van der Waals surface area contributed by atoms with Crippen LogP contribution in [0.5, 0.6) is 0 Å². The van der Waals surface area contributed by atoms with Crippen molar-refractivity contribution in [2.75, 3.05) is 34.9 Å². The third-order valence-electron chi connectivity index (χ3n) is 2.31. The molecule has 0 amide bonds. The Morgan fingerprint density at radius 2 is 1.92 bits per heavy atom. The second kappa shape index (κ2) is 3.89. The van der Waals surface area contributed by atoms with Crippen LogP contribution in [0.3, 0.4) is 0 Å². The zero-order valence-corrected chi connectivity index (χ0v) is 8.48. The second-order valence-electron chi connectivity index (χ2n) is 3.30. The molecule has 78 valence electrons. The molecule has 5 heteroatoms. The van der Waals surface area contributed by atoms with E-state index in [1.54, 1.807) is 0 Å². The van der Waals surface area contributed by atoms with E-state index in [-0.39, 0.29) is 12.6 Å². The van der Waals surface area contributed by atoms with Gasteiger partial charge in [-0.1, -0.05) is 0 Å². The number of aliphatic hydroxyl groups excluding tert-OH is 1. The fourth-order valence-electron chi connectivity index (χ4n) is 1.72. The largest absolute Gasteiger partial charge is 0.389 e. The number of likely N-dealkylation sites (N-methyl/N-ethyl adjacent to an activating group) is 1. The molecule has 1 fully saturated rings. The standard InChI is InChI=1S/C8H17NO4/c1-9(2)7-6(10)5-13-8(7,11-3)12-4/h6-7,10H,5H2,1-4H3. The molecule has 0 saturated carbocycles. The molecule has 0 radical (unpaired) electrons. The van der Waals surface area contributed by atoms with Crippen molar-refractivity contribution in [2.45, 2.75) is 18.1 Å². The molecule has 2 unspecified atom stereocenters. The van der Waals surface area contributed by atoms with Crippen molar-refractivity contribution in [2.24, 2.45) is 0 Å². The molecular formula is C8H17NO4. The molecule has 1 saturated heterocycles. The summed E-state index contributed by atoms with van der Waals surface area (Å²) in [5, 5.41) is 9.63. The highest BCUT2D eigenvalue weighted by atomic mass is 16.9. The van der Waals surface area contributed by atoms with E-state index in [9.17, 15) is 5.11 Å². The molecule has 1 N–H and O–H groups in total. The van der Waals surface area contributed by atoms with Gasteiger partial charge in [-0.2, -0.15) is 0 Å². The summed E-state index contributed by atoms with van der Waals surface area (Å²) in [4.78, 5) is 1.82. The van der Waals surface area contributed by atoms with Gasteiger partial charge < -0.3 is 19.3 Å². The molecule has 0 aromatic heterocycles. The van der Waals surface area contributed by atoms with E-state index in [1.165, 1.54) is 14.2 Å². The molecule has 0 aromatic rings. The van der Waals surface area contributed by atoms with E-state index >= 15 is 0 Å². The molecule has 0 spiro atoms. The van der Waals surface area contributed by atoms with Crippen LogP contribution < -0.4 is 0 Å². The SMILES string of the molecule is COC1(OC)OCC(O)C1N(C)C. The predicted octanol–water partition coefficient (Wildman–Crippen LogP) is -0.746. The minimum atomic E-state index is -1.14. The minimum absolute atomic E-state index is 0.227. The zero-order chi connectivity index (χ0) is 10.1. The van der Waals surface area contributed by atoms with E-state index in [0.29, 0.717) is 0 Å². The molecule has 1 heterocycles. The maximum atomic E-state index is 9.63. The summed E-state index contributed by atoms with van der Waals surface area (Å²) in [5.74, 6) is -1.14. The molecule has 2 atom stereocenters. The highest BCUT2D eigenvalue weighted by Crippen LogP contribution is 2.30. The van der Waals surface area contributed by atoms with Crippen LogP contribution in [0.1, 0.15) is 0 Å². The van der Waals surface area contributed by atoms with E-state index in [1.807, 2.05) is 19.0 Å². The van der Waals surface area contributed by atoms with Crippen LogP contribution in [0.4, 0.5) is 0 Å². The van der Waals surface area contributed by atoms with Gasteiger partial charge in [0.25, 0.3) is 0 Å². The molecule has 13 heavy (non-hydrogen) atoms. The first-order chi connectivity index (χ1) is 6.07. The first-order valence-electron chi connectivity index (χ1n) is 4.16. The lowest BCUT2D eigenvalue weighted by Crippen LogP contribution is -2.53. The number of methoxy groups -OCH3 is 2. The Balaban J connectivity index is 2.84. The van der Waals surface area contributed by atoms with E-state index in [0.717, 1.165) is 0 Å². The fourth-order valence-corrected chi connectivity index (χ4v) is 1.72. The van der Waals surface area contributed by atoms with Gasteiger partial charge in [-0.05, 0) is 14.1 Å². The topological polar surface area (TPSA) is 51.2 Å². The van der Waals surface area contributed by atoms with Gasteiger partial charge in [0.15, 0.2) is 0 Å². The monoisotopic (exact) mass is 191 g/mol. The van der Waals surface area contributed by atoms with Gasteiger partial charge in [0.2, 0.25) is 0 Å². The number of hydrogen-bond donors (Lipinski definition) is 1. The molecular weight excluding hydrogens is 174 g/mol. The van der Waals surface area contributed by atoms with E-state index in [4.69, 9.17) is 14.2 Å². The maximum absolute atomic E-state index is 9.63. The molecule has 0 bridgehead atoms. The van der Waals surface area contributed by atoms with Gasteiger partial charge in [0.1, 0.15) is 12.1 Å². The number of ether oxygens (including phenoxy) is 3. The van der Waals surface area contributed by atoms with Crippen molar-refractivity contribution < 1.29 is 19.3 Å². The van der Waals surface area contributed by atoms with Gasteiger partial charge in [-0.25, -0.2) is 0 Å². The summed E-state index contributed by atoms with van der Waals surface area (Å²) < 4.78 is 15.6. The Kier molecular flexibility index (Phi) is 3.26. The van der Waals surface area contributed by atoms with Crippen LogP contribution in [0.2, 0.25) is 0 Å². The van der Waals surface area contributed by atoms with Crippen LogP contribution in [0.15, 0.2) is 0 Å². The van der Waals surface area contributed by atoms with Crippen LogP contribution >= 0.6 is 0 Å². The van der Waals surface area contributed by atoms with Crippen LogP contribution in [-0.2, 0) is 14.2 Å². The normalized spacial score (nSPS) is 32.8. The van der Waals surface area contributed by atoms with Crippen molar-refractivity contribution >= 4 is 0 Å². The van der Waals surface area contributed by atoms with Gasteiger partial charge in [-0.15, -0.1) is 0 Å². The van der Waals surface area contributed by atoms with Gasteiger partial charge in [0.05, 0.1) is 6.61 Å². The highest BCUT2D eigenvalue weighted by molar-refractivity contribution is 4.90. The van der Waals surface area contributed by atoms with Gasteiger partial charge >= 0.3 is 5.97 Å². The third-order valence-corrected chi connectivity index (χ3v) is 2.31. The Labute approximate surface area is 78.2 Å². The maximum Gasteiger partial charge on any atom is 0.301 e. The summed E-state index contributed by atoms with van der Waals surface area (Å²) in [6.07, 6.45) is -0.588. The summed E-state index contributed by atoms with van der Waals surface area (Å²) in [6.45, 7) is 0.227. The number of aliphatic hydroxyl groups is 1. The Morgan fingerprint density at radius 3 is 2.23 bits per heavy atom. The van der Waals surface area contributed by atoms with Crippen LogP contribution in [-0.4, -0.2) is 63.0 Å². The van der Waals surface area contributed by atoms with Crippen molar-refractivity contribution in [3.8, 4) is 0 Å². The molecule has 0 aliphatic carbocycles. The number of hydrogen-bond acceptors (Lipinski definition) is 5. The third kappa shape index (κ3) is 1.70. The van der Waals surface area contributed by atoms with Crippen molar-refractivity contribution in [1.82, 2.24) is 4.90 Å². The average molecular weight is 191 g/mol. The lowest BCUT2D eigenvalue weighted by Gasteiger charge is -2.34. The van der Waals surface area contributed by atoms with Crippen molar-refractivity contribution in [3.63, 3.8) is 0 Å². The lowest BCUT2D eigenvalue weighted by atomic mass is 10.1. The average Bonchev–Trinajstić information content (AvgIpc) is 2.43. The molecule has 1 aliphatic rings. The Morgan fingerprint density at radius 1 is 1.38 bits per heavy atom. The van der Waals surface area contributed by atoms with Crippen molar-refractivity contribution in [1.29, 1.82) is 0 Å². The summed E-state index contributed by atoms with van der Waals surface area (Å²) in [7, 11) is 6.68. The second-order valence-corrected chi connectivity index (χ2v) is 3.30. The summed E-state index contributed by atoms with van der Waals surface area (Å²) in [5.41, 5.74) is 0. The lowest BCUT2D eigenvalue weighted by molar-refractivity contribution is -0.358. The van der Waals surface area contributed by atoms with Gasteiger partial charge in [-0.3, -0.25) is 4.90 Å². The van der Waals surface area contributed by atoms with Crippen LogP contribution in [0.25, 0.3) is 0 Å². The number of nitrogens with zero attached hydrogens (tertiary/aromatic N) is 1. The number of rotatable bonds is 3. The quantitative estimate of drug-likeness (QED) is 0.595. The molecule has 1 rings (SSSR count).